The van der Waals surface area contributed by atoms with E-state index in [0.717, 1.165) is 14.5 Å². The first-order valence-electron chi connectivity index (χ1n) is 7.44. The fourth-order valence-electron chi connectivity index (χ4n) is 2.05. The number of amides is 1. The van der Waals surface area contributed by atoms with E-state index < -0.39 is 10.8 Å². The fourth-order valence-corrected chi connectivity index (χ4v) is 3.69. The minimum absolute atomic E-state index is 0.0409. The molecule has 0 aromatic heterocycles. The number of hydrogen-bond donors (Lipinski definition) is 1. The highest BCUT2D eigenvalue weighted by Gasteiger charge is 2.11. The second kappa shape index (κ2) is 8.91. The zero-order valence-electron chi connectivity index (χ0n) is 14.0. The van der Waals surface area contributed by atoms with E-state index >= 15 is 0 Å². The number of halogens is 2. The summed E-state index contributed by atoms with van der Waals surface area (Å²) in [5.41, 5.74) is 4.36. The van der Waals surface area contributed by atoms with Gasteiger partial charge in [-0.25, -0.2) is 5.43 Å². The Labute approximate surface area is 166 Å². The van der Waals surface area contributed by atoms with Crippen molar-refractivity contribution in [1.82, 2.24) is 5.43 Å². The maximum atomic E-state index is 11.9. The standard InChI is InChI=1S/C17H15Br2N3O4/c1-10-6-14(18)17(15(19)7-10)26-9-16(23)21-20-11(2)12-4-3-5-13(8-12)22(24)25/h3-8H,9H2,1-2H3,(H,21,23)/b20-11-. The van der Waals surface area contributed by atoms with E-state index in [2.05, 4.69) is 42.4 Å². The second-order valence-corrected chi connectivity index (χ2v) is 7.09. The number of nitro benzene ring substituents is 1. The molecule has 9 heteroatoms. The van der Waals surface area contributed by atoms with Crippen LogP contribution in [0.2, 0.25) is 0 Å². The van der Waals surface area contributed by atoms with Crippen molar-refractivity contribution in [3.63, 3.8) is 0 Å². The molecule has 2 aromatic carbocycles. The van der Waals surface area contributed by atoms with Crippen LogP contribution in [-0.2, 0) is 4.79 Å². The summed E-state index contributed by atoms with van der Waals surface area (Å²) < 4.78 is 6.97. The first-order valence-corrected chi connectivity index (χ1v) is 9.03. The molecule has 0 aliphatic carbocycles. The lowest BCUT2D eigenvalue weighted by Gasteiger charge is -2.10. The lowest BCUT2D eigenvalue weighted by molar-refractivity contribution is -0.384. The van der Waals surface area contributed by atoms with Gasteiger partial charge < -0.3 is 4.74 Å². The third kappa shape index (κ3) is 5.37. The molecule has 0 fully saturated rings. The van der Waals surface area contributed by atoms with E-state index in [9.17, 15) is 14.9 Å². The number of nitrogens with one attached hydrogen (secondary N) is 1. The molecule has 0 heterocycles. The average molecular weight is 485 g/mol. The third-order valence-electron chi connectivity index (χ3n) is 3.31. The number of non-ortho nitro benzene ring substituents is 1. The zero-order chi connectivity index (χ0) is 19.3. The molecular formula is C17H15Br2N3O4. The van der Waals surface area contributed by atoms with Crippen molar-refractivity contribution >= 4 is 49.2 Å². The van der Waals surface area contributed by atoms with Crippen molar-refractivity contribution < 1.29 is 14.5 Å². The van der Waals surface area contributed by atoms with Crippen molar-refractivity contribution in [3.8, 4) is 5.75 Å². The molecule has 7 nitrogen and oxygen atoms in total. The number of hydrazone groups is 1. The third-order valence-corrected chi connectivity index (χ3v) is 4.49. The van der Waals surface area contributed by atoms with Gasteiger partial charge in [0, 0.05) is 17.7 Å². The van der Waals surface area contributed by atoms with Gasteiger partial charge in [0.15, 0.2) is 6.61 Å². The molecule has 26 heavy (non-hydrogen) atoms. The van der Waals surface area contributed by atoms with Gasteiger partial charge in [-0.3, -0.25) is 14.9 Å². The normalized spacial score (nSPS) is 11.2. The Morgan fingerprint density at radius 2 is 1.92 bits per heavy atom. The van der Waals surface area contributed by atoms with E-state index in [4.69, 9.17) is 4.74 Å². The van der Waals surface area contributed by atoms with Gasteiger partial charge in [0.1, 0.15) is 5.75 Å². The molecule has 0 saturated carbocycles. The Morgan fingerprint density at radius 3 is 2.54 bits per heavy atom. The Bertz CT molecular complexity index is 861. The first kappa shape index (κ1) is 20.1. The smallest absolute Gasteiger partial charge is 0.277 e. The van der Waals surface area contributed by atoms with Crippen LogP contribution in [0.15, 0.2) is 50.4 Å². The number of carbonyl (C=O) groups is 1. The van der Waals surface area contributed by atoms with E-state index in [1.807, 2.05) is 19.1 Å². The quantitative estimate of drug-likeness (QED) is 0.374. The predicted octanol–water partition coefficient (Wildman–Crippen LogP) is 4.35. The predicted molar refractivity (Wildman–Crippen MR) is 106 cm³/mol. The minimum Gasteiger partial charge on any atom is -0.481 e. The van der Waals surface area contributed by atoms with Crippen molar-refractivity contribution in [3.05, 3.63) is 66.6 Å². The number of carbonyl (C=O) groups excluding carboxylic acids is 1. The summed E-state index contributed by atoms with van der Waals surface area (Å²) in [4.78, 5) is 22.3. The molecule has 0 bridgehead atoms. The number of benzene rings is 2. The number of nitrogens with zero attached hydrogens (tertiary/aromatic N) is 2. The molecule has 0 atom stereocenters. The summed E-state index contributed by atoms with van der Waals surface area (Å²) in [6.07, 6.45) is 0. The number of hydrogen-bond acceptors (Lipinski definition) is 5. The number of rotatable bonds is 6. The van der Waals surface area contributed by atoms with Crippen LogP contribution in [0.5, 0.6) is 5.75 Å². The van der Waals surface area contributed by atoms with Crippen molar-refractivity contribution in [2.75, 3.05) is 6.61 Å². The lowest BCUT2D eigenvalue weighted by atomic mass is 10.1. The summed E-state index contributed by atoms with van der Waals surface area (Å²) in [5, 5.41) is 14.8. The topological polar surface area (TPSA) is 93.8 Å². The molecule has 2 aromatic rings. The highest BCUT2D eigenvalue weighted by atomic mass is 79.9. The molecule has 1 N–H and O–H groups in total. The summed E-state index contributed by atoms with van der Waals surface area (Å²) in [6.45, 7) is 3.36. The van der Waals surface area contributed by atoms with Crippen LogP contribution in [0.4, 0.5) is 5.69 Å². The number of aryl methyl sites for hydroxylation is 1. The summed E-state index contributed by atoms with van der Waals surface area (Å²) in [7, 11) is 0. The molecule has 0 unspecified atom stereocenters. The van der Waals surface area contributed by atoms with Gasteiger partial charge in [0.05, 0.1) is 19.6 Å². The molecule has 0 saturated heterocycles. The fraction of sp³-hybridized carbons (Fsp3) is 0.176. The maximum Gasteiger partial charge on any atom is 0.277 e. The van der Waals surface area contributed by atoms with E-state index in [1.165, 1.54) is 12.1 Å². The van der Waals surface area contributed by atoms with E-state index in [0.29, 0.717) is 17.0 Å². The summed E-state index contributed by atoms with van der Waals surface area (Å²) in [6, 6.07) is 9.77. The SMILES string of the molecule is C/C(=N/NC(=O)COc1c(Br)cc(C)cc1Br)c1cccc([N+](=O)[O-])c1. The monoisotopic (exact) mass is 483 g/mol. The van der Waals surface area contributed by atoms with Gasteiger partial charge in [-0.2, -0.15) is 5.10 Å². The Balaban J connectivity index is 1.99. The Morgan fingerprint density at radius 1 is 1.27 bits per heavy atom. The van der Waals surface area contributed by atoms with Crippen LogP contribution in [-0.4, -0.2) is 23.1 Å². The van der Waals surface area contributed by atoms with Crippen molar-refractivity contribution in [1.29, 1.82) is 0 Å². The molecule has 0 aliphatic rings. The van der Waals surface area contributed by atoms with Crippen molar-refractivity contribution in [2.24, 2.45) is 5.10 Å². The first-order chi connectivity index (χ1) is 12.3. The lowest BCUT2D eigenvalue weighted by Crippen LogP contribution is -2.25. The average Bonchev–Trinajstić information content (AvgIpc) is 2.58. The summed E-state index contributed by atoms with van der Waals surface area (Å²) in [5.74, 6) is 0.0688. The molecular weight excluding hydrogens is 470 g/mol. The van der Waals surface area contributed by atoms with E-state index in [1.54, 1.807) is 19.1 Å². The number of nitro groups is 1. The largest absolute Gasteiger partial charge is 0.481 e. The van der Waals surface area contributed by atoms with Crippen LogP contribution < -0.4 is 10.2 Å². The second-order valence-electron chi connectivity index (χ2n) is 5.39. The Hall–Kier alpha value is -2.26. The zero-order valence-corrected chi connectivity index (χ0v) is 17.1. The highest BCUT2D eigenvalue weighted by molar-refractivity contribution is 9.11. The van der Waals surface area contributed by atoms with Crippen LogP contribution >= 0.6 is 31.9 Å². The molecule has 1 amide bonds. The molecule has 0 aliphatic heterocycles. The highest BCUT2D eigenvalue weighted by Crippen LogP contribution is 2.34. The van der Waals surface area contributed by atoms with Gasteiger partial charge in [0.2, 0.25) is 0 Å². The number of ether oxygens (including phenoxy) is 1. The molecule has 136 valence electrons. The Kier molecular flexibility index (Phi) is 6.87. The summed E-state index contributed by atoms with van der Waals surface area (Å²) >= 11 is 6.78. The van der Waals surface area contributed by atoms with Gasteiger partial charge >= 0.3 is 0 Å². The van der Waals surface area contributed by atoms with Crippen LogP contribution in [0.1, 0.15) is 18.1 Å². The van der Waals surface area contributed by atoms with Gasteiger partial charge in [-0.1, -0.05) is 12.1 Å². The molecule has 2 rings (SSSR count). The van der Waals surface area contributed by atoms with Crippen LogP contribution in [0.3, 0.4) is 0 Å². The molecule has 0 radical (unpaired) electrons. The van der Waals surface area contributed by atoms with Crippen LogP contribution in [0.25, 0.3) is 0 Å². The van der Waals surface area contributed by atoms with Gasteiger partial charge in [0.25, 0.3) is 11.6 Å². The van der Waals surface area contributed by atoms with Crippen LogP contribution in [0, 0.1) is 17.0 Å². The molecule has 0 spiro atoms. The minimum atomic E-state index is -0.486. The van der Waals surface area contributed by atoms with Gasteiger partial charge in [-0.05, 0) is 63.4 Å². The van der Waals surface area contributed by atoms with E-state index in [-0.39, 0.29) is 12.3 Å². The van der Waals surface area contributed by atoms with Gasteiger partial charge in [-0.15, -0.1) is 0 Å². The maximum absolute atomic E-state index is 11.9. The van der Waals surface area contributed by atoms with Crippen molar-refractivity contribution in [2.45, 2.75) is 13.8 Å².